The van der Waals surface area contributed by atoms with E-state index in [4.69, 9.17) is 15.2 Å². The summed E-state index contributed by atoms with van der Waals surface area (Å²) in [4.78, 5) is 11.4. The Balaban J connectivity index is 2.12. The van der Waals surface area contributed by atoms with Crippen LogP contribution in [0.2, 0.25) is 0 Å². The predicted molar refractivity (Wildman–Crippen MR) is 128 cm³/mol. The van der Waals surface area contributed by atoms with E-state index in [9.17, 15) is 23.1 Å². The van der Waals surface area contributed by atoms with Crippen LogP contribution in [0.1, 0.15) is 70.0 Å². The molecule has 0 saturated heterocycles. The van der Waals surface area contributed by atoms with Crippen LogP contribution < -0.4 is 10.5 Å². The molecule has 0 spiro atoms. The van der Waals surface area contributed by atoms with Gasteiger partial charge in [0, 0.05) is 12.2 Å². The third-order valence-corrected chi connectivity index (χ3v) is 6.73. The molecule has 3 N–H and O–H groups in total. The third-order valence-electron chi connectivity index (χ3n) is 5.66. The minimum absolute atomic E-state index is 0.0109. The quantitative estimate of drug-likeness (QED) is 0.298. The van der Waals surface area contributed by atoms with E-state index in [1.54, 1.807) is 13.8 Å². The molecule has 196 valence electrons. The first-order valence-corrected chi connectivity index (χ1v) is 12.4. The second kappa shape index (κ2) is 12.6. The summed E-state index contributed by atoms with van der Waals surface area (Å²) in [5.74, 6) is -1.43. The van der Waals surface area contributed by atoms with E-state index in [2.05, 4.69) is 17.1 Å². The lowest BCUT2D eigenvalue weighted by atomic mass is 9.81. The third kappa shape index (κ3) is 8.43. The fourth-order valence-electron chi connectivity index (χ4n) is 3.53. The summed E-state index contributed by atoms with van der Waals surface area (Å²) in [6.45, 7) is 7.89. The molecule has 35 heavy (non-hydrogen) atoms. The molecule has 0 bridgehead atoms. The van der Waals surface area contributed by atoms with Gasteiger partial charge in [-0.25, -0.2) is 0 Å². The lowest BCUT2D eigenvalue weighted by molar-refractivity contribution is -0.148. The van der Waals surface area contributed by atoms with Crippen LogP contribution in [-0.2, 0) is 15.7 Å². The maximum Gasteiger partial charge on any atom is 0.419 e. The van der Waals surface area contributed by atoms with Gasteiger partial charge in [-0.05, 0) is 50.8 Å². The number of halogens is 3. The number of carbonyl (C=O) groups is 1. The molecule has 2 atom stereocenters. The van der Waals surface area contributed by atoms with Gasteiger partial charge in [0.2, 0.25) is 0 Å². The molecule has 2 aromatic rings. The molecule has 1 heterocycles. The van der Waals surface area contributed by atoms with Crippen LogP contribution in [0.3, 0.4) is 0 Å². The molecule has 11 heteroatoms. The van der Waals surface area contributed by atoms with Crippen LogP contribution in [0.25, 0.3) is 10.6 Å². The van der Waals surface area contributed by atoms with E-state index in [0.717, 1.165) is 36.7 Å². The Morgan fingerprint density at radius 1 is 1.17 bits per heavy atom. The molecule has 2 rings (SSSR count). The molecular weight excluding hydrogens is 483 g/mol. The van der Waals surface area contributed by atoms with Crippen molar-refractivity contribution in [3.8, 4) is 16.3 Å². The summed E-state index contributed by atoms with van der Waals surface area (Å²) in [5, 5.41) is 18.2. The number of ether oxygens (including phenoxy) is 2. The highest BCUT2D eigenvalue weighted by Crippen LogP contribution is 2.40. The molecular formula is C24H34F3N3O4S. The van der Waals surface area contributed by atoms with Gasteiger partial charge >= 0.3 is 12.1 Å². The van der Waals surface area contributed by atoms with Gasteiger partial charge in [0.25, 0.3) is 0 Å². The number of nitrogens with zero attached hydrogens (tertiary/aromatic N) is 2. The largest absolute Gasteiger partial charge is 0.491 e. The molecule has 0 aliphatic heterocycles. The second-order valence-corrected chi connectivity index (χ2v) is 10.2. The summed E-state index contributed by atoms with van der Waals surface area (Å²) in [5.41, 5.74) is 4.64. The van der Waals surface area contributed by atoms with Gasteiger partial charge in [0.15, 0.2) is 0 Å². The first-order valence-electron chi connectivity index (χ1n) is 11.6. The maximum atomic E-state index is 13.7. The molecule has 0 aliphatic rings. The Labute approximate surface area is 207 Å². The Morgan fingerprint density at radius 2 is 1.89 bits per heavy atom. The number of hydrogen-bond acceptors (Lipinski definition) is 7. The lowest BCUT2D eigenvalue weighted by Gasteiger charge is -2.26. The molecule has 0 aliphatic carbocycles. The normalized spacial score (nSPS) is 14.1. The van der Waals surface area contributed by atoms with Gasteiger partial charge in [-0.2, -0.15) is 13.2 Å². The first kappa shape index (κ1) is 29.0. The number of aromatic nitrogens is 2. The van der Waals surface area contributed by atoms with Crippen molar-refractivity contribution < 1.29 is 32.5 Å². The fraction of sp³-hybridized carbons (Fsp3) is 0.625. The van der Waals surface area contributed by atoms with Gasteiger partial charge in [-0.15, -0.1) is 10.2 Å². The molecule has 1 aromatic carbocycles. The number of nitrogens with two attached hydrogens (primary N) is 1. The topological polar surface area (TPSA) is 108 Å². The Kier molecular flexibility index (Phi) is 10.5. The monoisotopic (exact) mass is 517 g/mol. The summed E-state index contributed by atoms with van der Waals surface area (Å²) in [6, 6.07) is 3.17. The summed E-state index contributed by atoms with van der Waals surface area (Å²) in [6.07, 6.45) is -1.30. The first-order chi connectivity index (χ1) is 16.4. The van der Waals surface area contributed by atoms with Gasteiger partial charge in [-0.3, -0.25) is 4.79 Å². The molecule has 0 amide bonds. The van der Waals surface area contributed by atoms with E-state index in [0.29, 0.717) is 18.0 Å². The van der Waals surface area contributed by atoms with Crippen LogP contribution in [0.15, 0.2) is 18.2 Å². The van der Waals surface area contributed by atoms with Crippen molar-refractivity contribution in [3.05, 3.63) is 28.8 Å². The van der Waals surface area contributed by atoms with Crippen LogP contribution in [0.5, 0.6) is 5.75 Å². The van der Waals surface area contributed by atoms with Gasteiger partial charge in [0.05, 0.1) is 23.6 Å². The highest BCUT2D eigenvalue weighted by atomic mass is 32.1. The van der Waals surface area contributed by atoms with Gasteiger partial charge in [-0.1, -0.05) is 38.0 Å². The maximum absolute atomic E-state index is 13.7. The molecule has 0 radical (unpaired) electrons. The Bertz CT molecular complexity index is 966. The zero-order valence-corrected chi connectivity index (χ0v) is 21.3. The number of unbranched alkanes of at least 4 members (excludes halogenated alkanes) is 2. The number of hydrogen-bond donors (Lipinski definition) is 2. The summed E-state index contributed by atoms with van der Waals surface area (Å²) in [7, 11) is 0. The number of alkyl halides is 3. The van der Waals surface area contributed by atoms with Gasteiger partial charge in [0.1, 0.15) is 22.4 Å². The van der Waals surface area contributed by atoms with E-state index in [1.165, 1.54) is 12.1 Å². The number of benzene rings is 1. The number of aliphatic carboxylic acids is 1. The van der Waals surface area contributed by atoms with E-state index >= 15 is 0 Å². The van der Waals surface area contributed by atoms with Crippen molar-refractivity contribution in [1.29, 1.82) is 0 Å². The Morgan fingerprint density at radius 3 is 2.51 bits per heavy atom. The summed E-state index contributed by atoms with van der Waals surface area (Å²) >= 11 is 1.09. The molecule has 7 nitrogen and oxygen atoms in total. The average molecular weight is 518 g/mol. The zero-order chi connectivity index (χ0) is 26.2. The fourth-order valence-corrected chi connectivity index (χ4v) is 4.50. The second-order valence-electron chi connectivity index (χ2n) is 9.22. The van der Waals surface area contributed by atoms with Crippen molar-refractivity contribution in [3.63, 3.8) is 0 Å². The van der Waals surface area contributed by atoms with E-state index in [-0.39, 0.29) is 35.5 Å². The SMILES string of the molecule is CCCCCOCCOc1ccc(-c2nnc(C(N)C(C)CC(C)(C)C(=O)O)s2)cc1C(F)(F)F. The van der Waals surface area contributed by atoms with Crippen molar-refractivity contribution in [2.24, 2.45) is 17.1 Å². The van der Waals surface area contributed by atoms with Gasteiger partial charge < -0.3 is 20.3 Å². The molecule has 2 unspecified atom stereocenters. The number of carboxylic acids is 1. The highest BCUT2D eigenvalue weighted by Gasteiger charge is 2.36. The highest BCUT2D eigenvalue weighted by molar-refractivity contribution is 7.14. The van der Waals surface area contributed by atoms with Crippen LogP contribution in [-0.4, -0.2) is 41.1 Å². The smallest absolute Gasteiger partial charge is 0.419 e. The molecule has 1 aromatic heterocycles. The minimum Gasteiger partial charge on any atom is -0.491 e. The Hall–Kier alpha value is -2.24. The van der Waals surface area contributed by atoms with Crippen molar-refractivity contribution in [2.45, 2.75) is 65.6 Å². The summed E-state index contributed by atoms with van der Waals surface area (Å²) < 4.78 is 51.9. The predicted octanol–water partition coefficient (Wildman–Crippen LogP) is 5.95. The van der Waals surface area contributed by atoms with Crippen LogP contribution in [0, 0.1) is 11.3 Å². The van der Waals surface area contributed by atoms with E-state index in [1.807, 2.05) is 6.92 Å². The van der Waals surface area contributed by atoms with Crippen molar-refractivity contribution >= 4 is 17.3 Å². The van der Waals surface area contributed by atoms with Crippen LogP contribution in [0.4, 0.5) is 13.2 Å². The van der Waals surface area contributed by atoms with Crippen LogP contribution >= 0.6 is 11.3 Å². The molecule has 0 saturated carbocycles. The van der Waals surface area contributed by atoms with Crippen molar-refractivity contribution in [1.82, 2.24) is 10.2 Å². The average Bonchev–Trinajstić information content (AvgIpc) is 3.27. The lowest BCUT2D eigenvalue weighted by Crippen LogP contribution is -2.30. The zero-order valence-electron chi connectivity index (χ0n) is 20.5. The van der Waals surface area contributed by atoms with Crippen molar-refractivity contribution in [2.75, 3.05) is 19.8 Å². The molecule has 0 fully saturated rings. The van der Waals surface area contributed by atoms with E-state index < -0.39 is 29.2 Å². The standard InChI is InChI=1S/C24H34F3N3O4S/c1-5-6-7-10-33-11-12-34-18-9-8-16(13-17(18)24(25,26)27)20-29-30-21(35-20)19(28)15(2)14-23(3,4)22(31)32/h8-9,13,15,19H,5-7,10-12,14,28H2,1-4H3,(H,31,32). The number of carboxylic acid groups (broad SMARTS) is 1. The number of rotatable bonds is 14. The minimum atomic E-state index is -4.62.